The van der Waals surface area contributed by atoms with Gasteiger partial charge >= 0.3 is 175 Å². The molecule has 0 amide bonds. The van der Waals surface area contributed by atoms with E-state index in [9.17, 15) is 0 Å². The normalized spacial score (nSPS) is 13.2. The number of hydrogen-bond acceptors (Lipinski definition) is 3. The second-order valence-corrected chi connectivity index (χ2v) is 11.3. The van der Waals surface area contributed by atoms with Gasteiger partial charge in [-0.15, -0.1) is 0 Å². The molecule has 3 aromatic rings. The van der Waals surface area contributed by atoms with Crippen LogP contribution in [0.15, 0.2) is 91.0 Å². The molecule has 154 valence electrons. The van der Waals surface area contributed by atoms with Gasteiger partial charge in [0.05, 0.1) is 0 Å². The van der Waals surface area contributed by atoms with Gasteiger partial charge in [-0.25, -0.2) is 0 Å². The van der Waals surface area contributed by atoms with Gasteiger partial charge in [0.2, 0.25) is 0 Å². The van der Waals surface area contributed by atoms with Crippen molar-refractivity contribution in [2.75, 3.05) is 32.5 Å². The Balaban J connectivity index is 1.93. The van der Waals surface area contributed by atoms with E-state index in [2.05, 4.69) is 97.9 Å². The Morgan fingerprint density at radius 3 is 1.59 bits per heavy atom. The second-order valence-electron chi connectivity index (χ2n) is 7.30. The van der Waals surface area contributed by atoms with E-state index in [1.165, 1.54) is 15.9 Å². The van der Waals surface area contributed by atoms with Crippen LogP contribution >= 0.6 is 7.26 Å². The first-order valence-corrected chi connectivity index (χ1v) is 12.5. The van der Waals surface area contributed by atoms with Gasteiger partial charge in [0.25, 0.3) is 0 Å². The van der Waals surface area contributed by atoms with Crippen LogP contribution in [0.25, 0.3) is 0 Å². The fraction of sp³-hybridized carbons (Fsp3) is 0.280. The predicted molar refractivity (Wildman–Crippen MR) is 127 cm³/mol. The van der Waals surface area contributed by atoms with Crippen LogP contribution in [0.1, 0.15) is 6.92 Å². The summed E-state index contributed by atoms with van der Waals surface area (Å²) < 4.78 is 11.7. The molecule has 0 fully saturated rings. The molecule has 3 rings (SSSR count). The van der Waals surface area contributed by atoms with Crippen molar-refractivity contribution in [2.24, 2.45) is 5.73 Å². The summed E-state index contributed by atoms with van der Waals surface area (Å²) >= 11 is 0. The van der Waals surface area contributed by atoms with Crippen LogP contribution in [0, 0.1) is 0 Å². The fourth-order valence-corrected chi connectivity index (χ4v) is 8.47. The number of ether oxygens (including phenoxy) is 2. The van der Waals surface area contributed by atoms with E-state index in [0.717, 1.165) is 6.16 Å². The maximum atomic E-state index is 6.18. The average Bonchev–Trinajstić information content (AvgIpc) is 2.79. The molecule has 0 saturated heterocycles. The zero-order valence-electron chi connectivity index (χ0n) is 17.2. The molecule has 0 aliphatic heterocycles. The standard InChI is InChI=1S/C25H32NO2P/c1-22(21-27-18-17-26)28-19-20-29(23-11-5-2-6-12-23,24-13-7-3-8-14-24)25-15-9-4-10-16-25/h2-16,22,29H,17-21,26H2,1H3. The topological polar surface area (TPSA) is 44.5 Å². The Morgan fingerprint density at radius 1 is 0.724 bits per heavy atom. The Morgan fingerprint density at radius 2 is 1.17 bits per heavy atom. The SMILES string of the molecule is CC(COCCN)OCC[PH](c1ccccc1)(c1ccccc1)c1ccccc1. The molecule has 0 spiro atoms. The number of hydrogen-bond donors (Lipinski definition) is 1. The summed E-state index contributed by atoms with van der Waals surface area (Å²) in [6.07, 6.45) is 1.03. The Kier molecular flexibility index (Phi) is 8.39. The van der Waals surface area contributed by atoms with E-state index in [4.69, 9.17) is 15.2 Å². The molecule has 0 aliphatic rings. The summed E-state index contributed by atoms with van der Waals surface area (Å²) in [5.74, 6) is 0. The first kappa shape index (κ1) is 21.7. The van der Waals surface area contributed by atoms with Gasteiger partial charge in [-0.3, -0.25) is 0 Å². The molecular formula is C25H32NO2P. The van der Waals surface area contributed by atoms with Crippen LogP contribution in [-0.2, 0) is 9.47 Å². The van der Waals surface area contributed by atoms with Gasteiger partial charge < -0.3 is 0 Å². The molecule has 0 heterocycles. The molecule has 1 atom stereocenters. The predicted octanol–water partition coefficient (Wildman–Crippen LogP) is 3.09. The van der Waals surface area contributed by atoms with E-state index < -0.39 is 7.26 Å². The van der Waals surface area contributed by atoms with Crippen molar-refractivity contribution >= 4 is 23.2 Å². The van der Waals surface area contributed by atoms with E-state index in [-0.39, 0.29) is 6.10 Å². The van der Waals surface area contributed by atoms with E-state index >= 15 is 0 Å². The molecule has 4 heteroatoms. The van der Waals surface area contributed by atoms with Crippen LogP contribution in [0.2, 0.25) is 0 Å². The quantitative estimate of drug-likeness (QED) is 0.391. The van der Waals surface area contributed by atoms with Gasteiger partial charge in [0, 0.05) is 0 Å². The molecule has 0 saturated carbocycles. The van der Waals surface area contributed by atoms with E-state index in [1.54, 1.807) is 0 Å². The molecule has 0 aromatic heterocycles. The van der Waals surface area contributed by atoms with Crippen molar-refractivity contribution in [3.63, 3.8) is 0 Å². The van der Waals surface area contributed by atoms with E-state index in [1.807, 2.05) is 0 Å². The summed E-state index contributed by atoms with van der Waals surface area (Å²) in [5, 5.41) is 4.23. The molecule has 3 aromatic carbocycles. The summed E-state index contributed by atoms with van der Waals surface area (Å²) in [4.78, 5) is 0. The van der Waals surface area contributed by atoms with Crippen molar-refractivity contribution < 1.29 is 9.47 Å². The Bertz CT molecular complexity index is 731. The number of benzene rings is 3. The zero-order chi connectivity index (χ0) is 20.4. The molecule has 0 bridgehead atoms. The first-order valence-electron chi connectivity index (χ1n) is 10.3. The third-order valence-electron chi connectivity index (χ3n) is 5.29. The van der Waals surface area contributed by atoms with Crippen LogP contribution in [-0.4, -0.2) is 38.6 Å². The van der Waals surface area contributed by atoms with Gasteiger partial charge in [0.1, 0.15) is 0 Å². The maximum absolute atomic E-state index is 6.18. The van der Waals surface area contributed by atoms with Crippen LogP contribution in [0.5, 0.6) is 0 Å². The van der Waals surface area contributed by atoms with Crippen molar-refractivity contribution in [3.05, 3.63) is 91.0 Å². The summed E-state index contributed by atoms with van der Waals surface area (Å²) in [6.45, 7) is 4.45. The second kappa shape index (κ2) is 11.2. The van der Waals surface area contributed by atoms with Gasteiger partial charge in [-0.05, 0) is 0 Å². The molecule has 29 heavy (non-hydrogen) atoms. The van der Waals surface area contributed by atoms with Gasteiger partial charge in [-0.2, -0.15) is 0 Å². The summed E-state index contributed by atoms with van der Waals surface area (Å²) in [6, 6.07) is 32.8. The minimum absolute atomic E-state index is 0.0515. The summed E-state index contributed by atoms with van der Waals surface area (Å²) in [7, 11) is -2.21. The summed E-state index contributed by atoms with van der Waals surface area (Å²) in [5.41, 5.74) is 5.50. The van der Waals surface area contributed by atoms with Gasteiger partial charge in [0.15, 0.2) is 0 Å². The molecule has 3 nitrogen and oxygen atoms in total. The monoisotopic (exact) mass is 409 g/mol. The molecule has 0 radical (unpaired) electrons. The van der Waals surface area contributed by atoms with Crippen molar-refractivity contribution in [2.45, 2.75) is 13.0 Å². The Hall–Kier alpha value is -2.03. The fourth-order valence-electron chi connectivity index (χ4n) is 3.89. The zero-order valence-corrected chi connectivity index (χ0v) is 18.2. The van der Waals surface area contributed by atoms with Crippen LogP contribution in [0.3, 0.4) is 0 Å². The van der Waals surface area contributed by atoms with Crippen LogP contribution in [0.4, 0.5) is 0 Å². The molecule has 1 unspecified atom stereocenters. The van der Waals surface area contributed by atoms with Crippen molar-refractivity contribution in [3.8, 4) is 0 Å². The number of nitrogens with two attached hydrogens (primary N) is 1. The first-order chi connectivity index (χ1) is 14.3. The minimum atomic E-state index is -2.21. The molecule has 2 N–H and O–H groups in total. The van der Waals surface area contributed by atoms with Crippen molar-refractivity contribution in [1.82, 2.24) is 0 Å². The molecule has 0 aliphatic carbocycles. The van der Waals surface area contributed by atoms with Crippen LogP contribution < -0.4 is 21.6 Å². The third-order valence-corrected chi connectivity index (χ3v) is 10.2. The third kappa shape index (κ3) is 5.52. The van der Waals surface area contributed by atoms with E-state index in [0.29, 0.717) is 26.4 Å². The number of rotatable bonds is 11. The molecular weight excluding hydrogens is 377 g/mol. The Labute approximate surface area is 175 Å². The average molecular weight is 410 g/mol. The van der Waals surface area contributed by atoms with Crippen molar-refractivity contribution in [1.29, 1.82) is 0 Å². The van der Waals surface area contributed by atoms with Gasteiger partial charge in [-0.1, -0.05) is 0 Å².